The Balaban J connectivity index is 1.70. The van der Waals surface area contributed by atoms with Crippen LogP contribution in [0.3, 0.4) is 0 Å². The first-order chi connectivity index (χ1) is 22.0. The van der Waals surface area contributed by atoms with E-state index in [1.54, 1.807) is 62.6 Å². The Labute approximate surface area is 271 Å². The van der Waals surface area contributed by atoms with Crippen LogP contribution in [-0.2, 0) is 26.2 Å². The third-order valence-electron chi connectivity index (χ3n) is 7.67. The topological polar surface area (TPSA) is 105 Å². The summed E-state index contributed by atoms with van der Waals surface area (Å²) in [7, 11) is -2.63. The van der Waals surface area contributed by atoms with Crippen molar-refractivity contribution in [2.45, 2.75) is 57.6 Å². The van der Waals surface area contributed by atoms with Gasteiger partial charge in [-0.1, -0.05) is 55.0 Å². The lowest BCUT2D eigenvalue weighted by molar-refractivity contribution is -0.139. The molecule has 9 nitrogen and oxygen atoms in total. The monoisotopic (exact) mass is 643 g/mol. The van der Waals surface area contributed by atoms with E-state index in [-0.39, 0.29) is 29.1 Å². The third-order valence-corrected chi connectivity index (χ3v) is 9.46. The molecule has 0 aliphatic heterocycles. The second kappa shape index (κ2) is 15.4. The number of hydrogen-bond donors (Lipinski definition) is 1. The summed E-state index contributed by atoms with van der Waals surface area (Å²) in [6.45, 7) is 6.91. The van der Waals surface area contributed by atoms with Gasteiger partial charge < -0.3 is 19.7 Å². The van der Waals surface area contributed by atoms with Crippen molar-refractivity contribution < 1.29 is 27.5 Å². The minimum atomic E-state index is -4.19. The Hall–Kier alpha value is -4.83. The van der Waals surface area contributed by atoms with E-state index in [1.807, 2.05) is 63.2 Å². The maximum Gasteiger partial charge on any atom is 0.264 e. The first kappa shape index (κ1) is 34.1. The van der Waals surface area contributed by atoms with Gasteiger partial charge in [0.05, 0.1) is 17.7 Å². The lowest BCUT2D eigenvalue weighted by Crippen LogP contribution is -2.52. The molecule has 2 amide bonds. The van der Waals surface area contributed by atoms with E-state index >= 15 is 0 Å². The van der Waals surface area contributed by atoms with Crippen LogP contribution >= 0.6 is 0 Å². The summed E-state index contributed by atoms with van der Waals surface area (Å²) in [5, 5.41) is 2.94. The fraction of sp³-hybridized carbons (Fsp3) is 0.278. The van der Waals surface area contributed by atoms with E-state index in [0.717, 1.165) is 21.9 Å². The van der Waals surface area contributed by atoms with Crippen LogP contribution in [-0.4, -0.2) is 50.9 Å². The lowest BCUT2D eigenvalue weighted by Gasteiger charge is -2.32. The number of carbonyl (C=O) groups is 2. The number of para-hydroxylation sites is 1. The van der Waals surface area contributed by atoms with Crippen LogP contribution in [0, 0.1) is 6.92 Å². The highest BCUT2D eigenvalue weighted by molar-refractivity contribution is 7.92. The number of ether oxygens (including phenoxy) is 2. The Kier molecular flexibility index (Phi) is 11.4. The second-order valence-electron chi connectivity index (χ2n) is 11.1. The summed E-state index contributed by atoms with van der Waals surface area (Å²) >= 11 is 0. The molecule has 0 aliphatic carbocycles. The van der Waals surface area contributed by atoms with E-state index < -0.39 is 28.5 Å². The zero-order valence-electron chi connectivity index (χ0n) is 26.8. The average Bonchev–Trinajstić information content (AvgIpc) is 3.07. The van der Waals surface area contributed by atoms with Crippen molar-refractivity contribution in [1.82, 2.24) is 10.2 Å². The van der Waals surface area contributed by atoms with Crippen molar-refractivity contribution in [3.05, 3.63) is 114 Å². The number of nitrogens with zero attached hydrogens (tertiary/aromatic N) is 2. The Morgan fingerprint density at radius 1 is 0.804 bits per heavy atom. The molecule has 0 bridgehead atoms. The Morgan fingerprint density at radius 2 is 1.39 bits per heavy atom. The zero-order chi connectivity index (χ0) is 33.3. The molecule has 10 heteroatoms. The number of sulfonamides is 1. The molecule has 4 aromatic rings. The van der Waals surface area contributed by atoms with Gasteiger partial charge in [0.2, 0.25) is 11.8 Å². The van der Waals surface area contributed by atoms with Gasteiger partial charge in [-0.3, -0.25) is 13.9 Å². The molecule has 242 valence electrons. The number of nitrogens with one attached hydrogen (secondary N) is 1. The quantitative estimate of drug-likeness (QED) is 0.172. The van der Waals surface area contributed by atoms with Gasteiger partial charge in [0.15, 0.2) is 0 Å². The average molecular weight is 644 g/mol. The number of rotatable bonds is 14. The minimum Gasteiger partial charge on any atom is -0.497 e. The highest BCUT2D eigenvalue weighted by Gasteiger charge is 2.33. The molecule has 0 aromatic heterocycles. The maximum atomic E-state index is 14.2. The smallest absolute Gasteiger partial charge is 0.264 e. The molecule has 2 atom stereocenters. The highest BCUT2D eigenvalue weighted by atomic mass is 32.2. The molecule has 0 fully saturated rings. The molecule has 0 spiro atoms. The molecule has 0 aliphatic rings. The summed E-state index contributed by atoms with van der Waals surface area (Å²) in [5.74, 6) is 0.924. The van der Waals surface area contributed by atoms with Crippen LogP contribution < -0.4 is 19.1 Å². The highest BCUT2D eigenvalue weighted by Crippen LogP contribution is 2.29. The predicted molar refractivity (Wildman–Crippen MR) is 180 cm³/mol. The zero-order valence-corrected chi connectivity index (χ0v) is 27.7. The maximum absolute atomic E-state index is 14.2. The SMILES string of the molecule is CC[C@H](C)NC(=O)[C@H](C)N(Cc1ccc(OC)cc1)C(=O)CN(c1ccc(Oc2ccccc2)cc1)S(=O)(=O)c1ccc(C)cc1. The number of amides is 2. The van der Waals surface area contributed by atoms with Crippen molar-refractivity contribution in [3.8, 4) is 17.2 Å². The van der Waals surface area contributed by atoms with Crippen LogP contribution in [0.1, 0.15) is 38.3 Å². The molecule has 4 rings (SSSR count). The number of methoxy groups -OCH3 is 1. The van der Waals surface area contributed by atoms with Crippen molar-refractivity contribution in [1.29, 1.82) is 0 Å². The summed E-state index contributed by atoms with van der Waals surface area (Å²) in [6, 6.07) is 28.4. The largest absolute Gasteiger partial charge is 0.497 e. The van der Waals surface area contributed by atoms with Crippen LogP contribution in [0.15, 0.2) is 108 Å². The van der Waals surface area contributed by atoms with Crippen molar-refractivity contribution in [2.24, 2.45) is 0 Å². The lowest BCUT2D eigenvalue weighted by atomic mass is 10.1. The third kappa shape index (κ3) is 8.66. The second-order valence-corrected chi connectivity index (χ2v) is 13.0. The normalized spacial score (nSPS) is 12.5. The number of anilines is 1. The van der Waals surface area contributed by atoms with Crippen LogP contribution in [0.5, 0.6) is 17.2 Å². The summed E-state index contributed by atoms with van der Waals surface area (Å²) in [4.78, 5) is 28.9. The van der Waals surface area contributed by atoms with Crippen LogP contribution in [0.4, 0.5) is 5.69 Å². The van der Waals surface area contributed by atoms with Crippen LogP contribution in [0.25, 0.3) is 0 Å². The first-order valence-corrected chi connectivity index (χ1v) is 16.6. The van der Waals surface area contributed by atoms with E-state index in [9.17, 15) is 18.0 Å². The Bertz CT molecular complexity index is 1690. The number of carbonyl (C=O) groups excluding carboxylic acids is 2. The van der Waals surface area contributed by atoms with Gasteiger partial charge in [-0.15, -0.1) is 0 Å². The fourth-order valence-electron chi connectivity index (χ4n) is 4.65. The summed E-state index contributed by atoms with van der Waals surface area (Å²) in [5.41, 5.74) is 1.93. The van der Waals surface area contributed by atoms with Gasteiger partial charge in [0.1, 0.15) is 29.8 Å². The molecule has 46 heavy (non-hydrogen) atoms. The Morgan fingerprint density at radius 3 is 1.98 bits per heavy atom. The molecule has 1 N–H and O–H groups in total. The molecule has 0 saturated heterocycles. The first-order valence-electron chi connectivity index (χ1n) is 15.2. The van der Waals surface area contributed by atoms with Crippen molar-refractivity contribution in [2.75, 3.05) is 18.0 Å². The summed E-state index contributed by atoms with van der Waals surface area (Å²) < 4.78 is 40.5. The minimum absolute atomic E-state index is 0.0415. The standard InChI is InChI=1S/C36H41N3O6S/c1-6-27(3)37-36(41)28(4)38(24-29-14-18-31(44-5)19-15-29)35(40)25-39(46(42,43)34-22-12-26(2)13-23-34)30-16-20-33(21-17-30)45-32-10-8-7-9-11-32/h7-23,27-28H,6,24-25H2,1-5H3,(H,37,41)/t27-,28-/m0/s1. The molecule has 4 aromatic carbocycles. The number of benzene rings is 4. The molecule has 0 radical (unpaired) electrons. The molecular formula is C36H41N3O6S. The van der Waals surface area contributed by atoms with Crippen molar-refractivity contribution in [3.63, 3.8) is 0 Å². The molecule has 0 unspecified atom stereocenters. The van der Waals surface area contributed by atoms with E-state index in [4.69, 9.17) is 9.47 Å². The van der Waals surface area contributed by atoms with E-state index in [0.29, 0.717) is 17.2 Å². The fourth-order valence-corrected chi connectivity index (χ4v) is 6.06. The van der Waals surface area contributed by atoms with E-state index in [1.165, 1.54) is 17.0 Å². The predicted octanol–water partition coefficient (Wildman–Crippen LogP) is 6.32. The van der Waals surface area contributed by atoms with Crippen molar-refractivity contribution >= 4 is 27.5 Å². The van der Waals surface area contributed by atoms with Gasteiger partial charge in [-0.2, -0.15) is 0 Å². The van der Waals surface area contributed by atoms with Gasteiger partial charge in [0, 0.05) is 12.6 Å². The molecular weight excluding hydrogens is 602 g/mol. The van der Waals surface area contributed by atoms with Gasteiger partial charge >= 0.3 is 0 Å². The van der Waals surface area contributed by atoms with Gasteiger partial charge in [-0.05, 0) is 93.4 Å². The molecule has 0 saturated carbocycles. The van der Waals surface area contributed by atoms with Gasteiger partial charge in [-0.25, -0.2) is 8.42 Å². The van der Waals surface area contributed by atoms with Crippen LogP contribution in [0.2, 0.25) is 0 Å². The number of aryl methyl sites for hydroxylation is 1. The number of hydrogen-bond acceptors (Lipinski definition) is 6. The summed E-state index contributed by atoms with van der Waals surface area (Å²) in [6.07, 6.45) is 0.720. The van der Waals surface area contributed by atoms with E-state index in [2.05, 4.69) is 5.32 Å². The van der Waals surface area contributed by atoms with Gasteiger partial charge in [0.25, 0.3) is 10.0 Å². The molecule has 0 heterocycles.